The summed E-state index contributed by atoms with van der Waals surface area (Å²) in [7, 11) is 0. The van der Waals surface area contributed by atoms with E-state index in [1.54, 1.807) is 6.20 Å². The number of nitrogens with zero attached hydrogens (tertiary/aromatic N) is 2. The number of hydrogen-bond donors (Lipinski definition) is 1. The van der Waals surface area contributed by atoms with Crippen LogP contribution in [0.25, 0.3) is 0 Å². The quantitative estimate of drug-likeness (QED) is 0.916. The second-order valence-electron chi connectivity index (χ2n) is 6.62. The molecule has 5 nitrogen and oxygen atoms in total. The Morgan fingerprint density at radius 1 is 1.29 bits per heavy atom. The molecule has 1 aliphatic carbocycles. The van der Waals surface area contributed by atoms with Crippen molar-refractivity contribution in [3.8, 4) is 5.88 Å². The van der Waals surface area contributed by atoms with Gasteiger partial charge in [0, 0.05) is 18.0 Å². The van der Waals surface area contributed by atoms with Crippen LogP contribution in [0.15, 0.2) is 30.6 Å². The van der Waals surface area contributed by atoms with Gasteiger partial charge in [0.25, 0.3) is 5.91 Å². The Morgan fingerprint density at radius 3 is 2.88 bits per heavy atom. The van der Waals surface area contributed by atoms with E-state index in [1.165, 1.54) is 12.1 Å². The van der Waals surface area contributed by atoms with Gasteiger partial charge >= 0.3 is 0 Å². The molecule has 6 heteroatoms. The molecule has 0 bridgehead atoms. The third-order valence-electron chi connectivity index (χ3n) is 3.91. The van der Waals surface area contributed by atoms with Crippen molar-refractivity contribution in [3.63, 3.8) is 0 Å². The lowest BCUT2D eigenvalue weighted by Crippen LogP contribution is -2.48. The molecule has 0 spiro atoms. The summed E-state index contributed by atoms with van der Waals surface area (Å²) >= 11 is 0. The molecular formula is C18H20FN3O2. The third-order valence-corrected chi connectivity index (χ3v) is 3.91. The lowest BCUT2D eigenvalue weighted by Gasteiger charge is -2.26. The number of ether oxygens (including phenoxy) is 1. The first kappa shape index (κ1) is 16.4. The lowest BCUT2D eigenvalue weighted by atomic mass is 10.1. The number of carbonyl (C=O) groups excluding carboxylic acids is 1. The molecule has 0 aromatic carbocycles. The maximum atomic E-state index is 12.8. The first-order chi connectivity index (χ1) is 11.4. The highest BCUT2D eigenvalue weighted by atomic mass is 19.1. The van der Waals surface area contributed by atoms with Gasteiger partial charge in [-0.2, -0.15) is 0 Å². The van der Waals surface area contributed by atoms with Gasteiger partial charge < -0.3 is 10.1 Å². The zero-order valence-electron chi connectivity index (χ0n) is 13.8. The number of hydrogen-bond acceptors (Lipinski definition) is 4. The van der Waals surface area contributed by atoms with Gasteiger partial charge in [0.05, 0.1) is 17.3 Å². The normalized spacial score (nSPS) is 13.5. The van der Waals surface area contributed by atoms with Gasteiger partial charge in [-0.1, -0.05) is 0 Å². The highest BCUT2D eigenvalue weighted by Crippen LogP contribution is 2.20. The molecule has 0 atom stereocenters. The zero-order chi connectivity index (χ0) is 17.2. The van der Waals surface area contributed by atoms with Crippen LogP contribution in [0.5, 0.6) is 5.88 Å². The van der Waals surface area contributed by atoms with Gasteiger partial charge in [-0.3, -0.25) is 9.78 Å². The summed E-state index contributed by atoms with van der Waals surface area (Å²) in [6.07, 6.45) is 5.78. The van der Waals surface area contributed by atoms with Gasteiger partial charge in [-0.15, -0.1) is 0 Å². The number of aromatic nitrogens is 2. The van der Waals surface area contributed by atoms with Crippen LogP contribution in [0.2, 0.25) is 0 Å². The van der Waals surface area contributed by atoms with Crippen molar-refractivity contribution >= 4 is 5.91 Å². The molecule has 2 aromatic rings. The van der Waals surface area contributed by atoms with Crippen molar-refractivity contribution < 1.29 is 13.9 Å². The van der Waals surface area contributed by atoms with Crippen LogP contribution < -0.4 is 10.1 Å². The molecule has 2 aromatic heterocycles. The fourth-order valence-corrected chi connectivity index (χ4v) is 2.67. The summed E-state index contributed by atoms with van der Waals surface area (Å²) in [4.78, 5) is 20.7. The number of amides is 1. The zero-order valence-corrected chi connectivity index (χ0v) is 13.8. The largest absolute Gasteiger partial charge is 0.475 e. The molecule has 0 radical (unpaired) electrons. The van der Waals surface area contributed by atoms with Gasteiger partial charge in [0.15, 0.2) is 0 Å². The van der Waals surface area contributed by atoms with E-state index < -0.39 is 11.4 Å². The predicted octanol–water partition coefficient (Wildman–Crippen LogP) is 2.69. The molecular weight excluding hydrogens is 309 g/mol. The second kappa shape index (κ2) is 6.55. The first-order valence-corrected chi connectivity index (χ1v) is 7.98. The standard InChI is InChI=1S/C18H20FN3O2/c1-18(2,11-24-16-7-6-14(19)10-21-16)22-17(23)13-8-12-4-3-5-15(12)20-9-13/h6-10H,3-5,11H2,1-2H3,(H,22,23). The number of pyridine rings is 2. The van der Waals surface area contributed by atoms with Crippen LogP contribution >= 0.6 is 0 Å². The average molecular weight is 329 g/mol. The van der Waals surface area contributed by atoms with E-state index in [4.69, 9.17) is 4.74 Å². The maximum Gasteiger partial charge on any atom is 0.253 e. The summed E-state index contributed by atoms with van der Waals surface area (Å²) in [5, 5.41) is 2.94. The minimum atomic E-state index is -0.605. The summed E-state index contributed by atoms with van der Waals surface area (Å²) in [6.45, 7) is 3.93. The predicted molar refractivity (Wildman–Crippen MR) is 87.5 cm³/mol. The Bertz CT molecular complexity index is 744. The summed E-state index contributed by atoms with van der Waals surface area (Å²) in [5.41, 5.74) is 2.21. The van der Waals surface area contributed by atoms with Crippen LogP contribution in [0.4, 0.5) is 4.39 Å². The Kier molecular flexibility index (Phi) is 4.46. The lowest BCUT2D eigenvalue weighted by molar-refractivity contribution is 0.0878. The van der Waals surface area contributed by atoms with Crippen LogP contribution in [0, 0.1) is 5.82 Å². The van der Waals surface area contributed by atoms with E-state index in [2.05, 4.69) is 15.3 Å². The minimum absolute atomic E-state index is 0.183. The van der Waals surface area contributed by atoms with Crippen LogP contribution in [-0.2, 0) is 12.8 Å². The maximum absolute atomic E-state index is 12.8. The Labute approximate surface area is 140 Å². The number of nitrogens with one attached hydrogen (secondary N) is 1. The van der Waals surface area contributed by atoms with Crippen LogP contribution in [0.1, 0.15) is 41.9 Å². The number of aryl methyl sites for hydroxylation is 2. The van der Waals surface area contributed by atoms with Crippen LogP contribution in [0.3, 0.4) is 0 Å². The number of carbonyl (C=O) groups is 1. The fraction of sp³-hybridized carbons (Fsp3) is 0.389. The molecule has 0 saturated heterocycles. The van der Waals surface area contributed by atoms with Crippen molar-refractivity contribution in [2.45, 2.75) is 38.6 Å². The molecule has 0 unspecified atom stereocenters. The Hall–Kier alpha value is -2.50. The smallest absolute Gasteiger partial charge is 0.253 e. The minimum Gasteiger partial charge on any atom is -0.475 e. The molecule has 1 aliphatic rings. The Morgan fingerprint density at radius 2 is 2.12 bits per heavy atom. The highest BCUT2D eigenvalue weighted by Gasteiger charge is 2.24. The molecule has 3 rings (SSSR count). The molecule has 1 N–H and O–H groups in total. The third kappa shape index (κ3) is 3.88. The number of halogens is 1. The van der Waals surface area contributed by atoms with Gasteiger partial charge in [0.1, 0.15) is 12.4 Å². The van der Waals surface area contributed by atoms with E-state index in [1.807, 2.05) is 19.9 Å². The van der Waals surface area contributed by atoms with Gasteiger partial charge in [-0.05, 0) is 50.8 Å². The molecule has 0 saturated carbocycles. The molecule has 126 valence electrons. The van der Waals surface area contributed by atoms with Gasteiger partial charge in [-0.25, -0.2) is 9.37 Å². The van der Waals surface area contributed by atoms with Crippen molar-refractivity contribution in [2.24, 2.45) is 0 Å². The number of rotatable bonds is 5. The molecule has 0 fully saturated rings. The summed E-state index contributed by atoms with van der Waals surface area (Å²) in [5.74, 6) is -0.283. The summed E-state index contributed by atoms with van der Waals surface area (Å²) in [6, 6.07) is 4.66. The van der Waals surface area contributed by atoms with E-state index in [9.17, 15) is 9.18 Å². The van der Waals surface area contributed by atoms with E-state index in [-0.39, 0.29) is 12.5 Å². The highest BCUT2D eigenvalue weighted by molar-refractivity contribution is 5.94. The van der Waals surface area contributed by atoms with Crippen molar-refractivity contribution in [1.82, 2.24) is 15.3 Å². The average Bonchev–Trinajstić information content (AvgIpc) is 3.01. The Balaban J connectivity index is 1.60. The van der Waals surface area contributed by atoms with Gasteiger partial charge in [0.2, 0.25) is 5.88 Å². The number of fused-ring (bicyclic) bond motifs is 1. The molecule has 1 amide bonds. The molecule has 2 heterocycles. The van der Waals surface area contributed by atoms with Crippen molar-refractivity contribution in [3.05, 3.63) is 53.2 Å². The SMILES string of the molecule is CC(C)(COc1ccc(F)cn1)NC(=O)c1cnc2c(c1)CCC2. The summed E-state index contributed by atoms with van der Waals surface area (Å²) < 4.78 is 18.4. The van der Waals surface area contributed by atoms with Crippen molar-refractivity contribution in [1.29, 1.82) is 0 Å². The monoisotopic (exact) mass is 329 g/mol. The molecule has 24 heavy (non-hydrogen) atoms. The van der Waals surface area contributed by atoms with Crippen LogP contribution in [-0.4, -0.2) is 28.0 Å². The van der Waals surface area contributed by atoms with E-state index in [0.717, 1.165) is 36.7 Å². The fourth-order valence-electron chi connectivity index (χ4n) is 2.67. The second-order valence-corrected chi connectivity index (χ2v) is 6.62. The first-order valence-electron chi connectivity index (χ1n) is 7.98. The van der Waals surface area contributed by atoms with Crippen molar-refractivity contribution in [2.75, 3.05) is 6.61 Å². The van der Waals surface area contributed by atoms with E-state index >= 15 is 0 Å². The topological polar surface area (TPSA) is 64.1 Å². The van der Waals surface area contributed by atoms with E-state index in [0.29, 0.717) is 11.4 Å². The molecule has 0 aliphatic heterocycles.